The molecule has 1 aromatic heterocycles. The van der Waals surface area contributed by atoms with Crippen molar-refractivity contribution in [1.82, 2.24) is 14.9 Å². The number of nitrogens with zero attached hydrogens (tertiary/aromatic N) is 3. The van der Waals surface area contributed by atoms with Crippen LogP contribution in [-0.4, -0.2) is 26.8 Å². The van der Waals surface area contributed by atoms with Crippen molar-refractivity contribution in [1.29, 1.82) is 0 Å². The lowest BCUT2D eigenvalue weighted by molar-refractivity contribution is 0.0726. The fraction of sp³-hybridized carbons (Fsp3) is 0.389. The third-order valence-corrected chi connectivity index (χ3v) is 4.38. The van der Waals surface area contributed by atoms with E-state index in [-0.39, 0.29) is 17.2 Å². The number of carbonyl (C=O) groups is 1. The van der Waals surface area contributed by atoms with E-state index in [1.165, 1.54) is 5.56 Å². The van der Waals surface area contributed by atoms with Gasteiger partial charge < -0.3 is 10.2 Å². The fourth-order valence-corrected chi connectivity index (χ4v) is 2.96. The van der Waals surface area contributed by atoms with Gasteiger partial charge in [-0.2, -0.15) is 0 Å². The van der Waals surface area contributed by atoms with Gasteiger partial charge in [0.05, 0.1) is 6.54 Å². The Morgan fingerprint density at radius 2 is 1.96 bits per heavy atom. The molecule has 0 spiro atoms. The average molecular weight is 345 g/mol. The van der Waals surface area contributed by atoms with E-state index < -0.39 is 0 Å². The van der Waals surface area contributed by atoms with E-state index >= 15 is 0 Å². The summed E-state index contributed by atoms with van der Waals surface area (Å²) in [4.78, 5) is 22.7. The highest BCUT2D eigenvalue weighted by molar-refractivity contribution is 6.28. The van der Waals surface area contributed by atoms with Crippen LogP contribution >= 0.6 is 11.6 Å². The first kappa shape index (κ1) is 16.7. The van der Waals surface area contributed by atoms with E-state index in [2.05, 4.69) is 41.3 Å². The molecule has 0 bridgehead atoms. The number of hydrogen-bond acceptors (Lipinski definition) is 4. The number of nitrogens with one attached hydrogen (secondary N) is 1. The Morgan fingerprint density at radius 1 is 1.21 bits per heavy atom. The molecule has 0 radical (unpaired) electrons. The second-order valence-corrected chi connectivity index (χ2v) is 6.94. The maximum Gasteiger partial charge on any atom is 0.273 e. The van der Waals surface area contributed by atoms with Crippen LogP contribution in [0.4, 0.5) is 11.5 Å². The van der Waals surface area contributed by atoms with Gasteiger partial charge in [-0.1, -0.05) is 26.0 Å². The largest absolute Gasteiger partial charge is 0.340 e. The topological polar surface area (TPSA) is 58.1 Å². The summed E-state index contributed by atoms with van der Waals surface area (Å²) in [6.45, 7) is 8.76. The molecule has 5 nitrogen and oxygen atoms in total. The van der Waals surface area contributed by atoms with Gasteiger partial charge in [-0.3, -0.25) is 4.79 Å². The van der Waals surface area contributed by atoms with Crippen molar-refractivity contribution in [3.8, 4) is 0 Å². The predicted molar refractivity (Wildman–Crippen MR) is 95.9 cm³/mol. The molecule has 2 heterocycles. The molecule has 1 aliphatic rings. The smallest absolute Gasteiger partial charge is 0.273 e. The van der Waals surface area contributed by atoms with Crippen LogP contribution in [-0.2, 0) is 6.54 Å². The number of halogens is 1. The molecule has 24 heavy (non-hydrogen) atoms. The van der Waals surface area contributed by atoms with E-state index in [0.717, 1.165) is 11.3 Å². The van der Waals surface area contributed by atoms with Gasteiger partial charge in [-0.25, -0.2) is 9.97 Å². The number of benzene rings is 1. The maximum atomic E-state index is 12.5. The SMILES string of the molecule is CC(C)c1cccc(Nc2nc(Cl)nc3c2CN(C(C)C)C3=O)c1. The Morgan fingerprint density at radius 3 is 2.62 bits per heavy atom. The molecule has 0 saturated heterocycles. The number of amides is 1. The van der Waals surface area contributed by atoms with Gasteiger partial charge in [0.1, 0.15) is 11.5 Å². The molecule has 6 heteroatoms. The fourth-order valence-electron chi connectivity index (χ4n) is 2.79. The summed E-state index contributed by atoms with van der Waals surface area (Å²) in [6.07, 6.45) is 0. The first-order valence-corrected chi connectivity index (χ1v) is 8.49. The highest BCUT2D eigenvalue weighted by Gasteiger charge is 2.34. The Kier molecular flexibility index (Phi) is 4.45. The third kappa shape index (κ3) is 3.08. The number of aromatic nitrogens is 2. The molecular weight excluding hydrogens is 324 g/mol. The minimum atomic E-state index is -0.0942. The van der Waals surface area contributed by atoms with Gasteiger partial charge >= 0.3 is 0 Å². The van der Waals surface area contributed by atoms with Crippen molar-refractivity contribution < 1.29 is 4.79 Å². The molecule has 0 saturated carbocycles. The molecular formula is C18H21ClN4O. The highest BCUT2D eigenvalue weighted by Crippen LogP contribution is 2.31. The van der Waals surface area contributed by atoms with Crippen molar-refractivity contribution in [3.05, 3.63) is 46.4 Å². The average Bonchev–Trinajstić information content (AvgIpc) is 2.85. The van der Waals surface area contributed by atoms with Crippen LogP contribution in [0.2, 0.25) is 5.28 Å². The van der Waals surface area contributed by atoms with E-state index in [9.17, 15) is 4.79 Å². The second-order valence-electron chi connectivity index (χ2n) is 6.60. The zero-order chi connectivity index (χ0) is 17.4. The molecule has 1 amide bonds. The lowest BCUT2D eigenvalue weighted by Gasteiger charge is -2.19. The van der Waals surface area contributed by atoms with Gasteiger partial charge in [0.2, 0.25) is 5.28 Å². The van der Waals surface area contributed by atoms with Crippen molar-refractivity contribution in [2.24, 2.45) is 0 Å². The summed E-state index contributed by atoms with van der Waals surface area (Å²) in [6, 6.07) is 8.27. The second kappa shape index (κ2) is 6.40. The Hall–Kier alpha value is -2.14. The monoisotopic (exact) mass is 344 g/mol. The van der Waals surface area contributed by atoms with Crippen molar-refractivity contribution >= 4 is 29.0 Å². The van der Waals surface area contributed by atoms with Gasteiger partial charge in [0.15, 0.2) is 0 Å². The molecule has 0 aliphatic carbocycles. The minimum absolute atomic E-state index is 0.0789. The molecule has 1 aromatic carbocycles. The Bertz CT molecular complexity index is 789. The van der Waals surface area contributed by atoms with Crippen LogP contribution in [0.5, 0.6) is 0 Å². The summed E-state index contributed by atoms with van der Waals surface area (Å²) in [5.41, 5.74) is 3.35. The zero-order valence-corrected chi connectivity index (χ0v) is 15.1. The molecule has 1 aliphatic heterocycles. The highest BCUT2D eigenvalue weighted by atomic mass is 35.5. The molecule has 126 valence electrons. The maximum absolute atomic E-state index is 12.5. The molecule has 0 fully saturated rings. The van der Waals surface area contributed by atoms with Crippen LogP contribution in [0, 0.1) is 0 Å². The normalized spacial score (nSPS) is 13.8. The molecule has 3 rings (SSSR count). The number of carbonyl (C=O) groups excluding carboxylic acids is 1. The Labute approximate surface area is 147 Å². The lowest BCUT2D eigenvalue weighted by Crippen LogP contribution is -2.31. The van der Waals surface area contributed by atoms with Gasteiger partial charge in [0, 0.05) is 17.3 Å². The summed E-state index contributed by atoms with van der Waals surface area (Å²) in [5, 5.41) is 3.38. The molecule has 2 aromatic rings. The van der Waals surface area contributed by atoms with E-state index in [4.69, 9.17) is 11.6 Å². The molecule has 0 unspecified atom stereocenters. The van der Waals surface area contributed by atoms with Gasteiger partial charge in [-0.15, -0.1) is 0 Å². The van der Waals surface area contributed by atoms with Gasteiger partial charge in [0.25, 0.3) is 5.91 Å². The first-order chi connectivity index (χ1) is 11.4. The predicted octanol–water partition coefficient (Wildman–Crippen LogP) is 4.36. The van der Waals surface area contributed by atoms with E-state index in [1.807, 2.05) is 26.0 Å². The van der Waals surface area contributed by atoms with E-state index in [0.29, 0.717) is 24.0 Å². The van der Waals surface area contributed by atoms with Crippen LogP contribution < -0.4 is 5.32 Å². The van der Waals surface area contributed by atoms with Crippen LogP contribution in [0.3, 0.4) is 0 Å². The number of fused-ring (bicyclic) bond motifs is 1. The summed E-state index contributed by atoms with van der Waals surface area (Å²) in [7, 11) is 0. The third-order valence-electron chi connectivity index (χ3n) is 4.21. The Balaban J connectivity index is 1.98. The van der Waals surface area contributed by atoms with Crippen LogP contribution in [0.1, 0.15) is 55.2 Å². The van der Waals surface area contributed by atoms with Crippen LogP contribution in [0.15, 0.2) is 24.3 Å². The number of rotatable bonds is 4. The summed E-state index contributed by atoms with van der Waals surface area (Å²) in [5.74, 6) is 0.940. The summed E-state index contributed by atoms with van der Waals surface area (Å²) < 4.78 is 0. The van der Waals surface area contributed by atoms with E-state index in [1.54, 1.807) is 4.90 Å². The standard InChI is InChI=1S/C18H21ClN4O/c1-10(2)12-6-5-7-13(8-12)20-16-14-9-23(11(3)4)17(24)15(14)21-18(19)22-16/h5-8,10-11H,9H2,1-4H3,(H,20,21,22). The number of hydrogen-bond donors (Lipinski definition) is 1. The lowest BCUT2D eigenvalue weighted by atomic mass is 10.0. The molecule has 0 atom stereocenters. The quantitative estimate of drug-likeness (QED) is 0.837. The van der Waals surface area contributed by atoms with Gasteiger partial charge in [-0.05, 0) is 49.1 Å². The van der Waals surface area contributed by atoms with Crippen molar-refractivity contribution in [2.75, 3.05) is 5.32 Å². The van der Waals surface area contributed by atoms with Crippen LogP contribution in [0.25, 0.3) is 0 Å². The number of anilines is 2. The van der Waals surface area contributed by atoms with Crippen molar-refractivity contribution in [2.45, 2.75) is 46.2 Å². The minimum Gasteiger partial charge on any atom is -0.340 e. The first-order valence-electron chi connectivity index (χ1n) is 8.11. The summed E-state index contributed by atoms with van der Waals surface area (Å²) >= 11 is 6.04. The zero-order valence-electron chi connectivity index (χ0n) is 14.3. The van der Waals surface area contributed by atoms with Crippen molar-refractivity contribution in [3.63, 3.8) is 0 Å². The molecule has 1 N–H and O–H groups in total.